The van der Waals surface area contributed by atoms with Crippen LogP contribution in [-0.2, 0) is 11.6 Å². The molecule has 33 heavy (non-hydrogen) atoms. The number of nitriles is 1. The van der Waals surface area contributed by atoms with E-state index in [0.717, 1.165) is 11.6 Å². The number of pyridine rings is 1. The van der Waals surface area contributed by atoms with Gasteiger partial charge in [-0.15, -0.1) is 0 Å². The van der Waals surface area contributed by atoms with Gasteiger partial charge in [0.2, 0.25) is 11.8 Å². The van der Waals surface area contributed by atoms with Crippen LogP contribution in [0.15, 0.2) is 36.7 Å². The number of aliphatic hydroxyl groups excluding tert-OH is 1. The Morgan fingerprint density at radius 3 is 2.76 bits per heavy atom. The second-order valence-corrected chi connectivity index (χ2v) is 7.80. The van der Waals surface area contributed by atoms with E-state index in [-0.39, 0.29) is 24.1 Å². The molecule has 1 atom stereocenters. The number of rotatable bonds is 5. The number of hydrogen-bond acceptors (Lipinski definition) is 8. The van der Waals surface area contributed by atoms with E-state index in [0.29, 0.717) is 35.2 Å². The van der Waals surface area contributed by atoms with Gasteiger partial charge in [0, 0.05) is 29.9 Å². The highest BCUT2D eigenvalue weighted by molar-refractivity contribution is 5.76. The van der Waals surface area contributed by atoms with Crippen LogP contribution in [0, 0.1) is 11.3 Å². The maximum atomic E-state index is 13.1. The number of aliphatic hydroxyl groups is 1. The number of ether oxygens (including phenoxy) is 1. The van der Waals surface area contributed by atoms with Crippen LogP contribution in [0.2, 0.25) is 0 Å². The summed E-state index contributed by atoms with van der Waals surface area (Å²) in [4.78, 5) is 12.2. The topological polar surface area (TPSA) is 116 Å². The van der Waals surface area contributed by atoms with Gasteiger partial charge in [-0.05, 0) is 29.8 Å². The largest absolute Gasteiger partial charge is 0.480 e. The molecule has 0 fully saturated rings. The third-order valence-corrected chi connectivity index (χ3v) is 5.48. The third-order valence-electron chi connectivity index (χ3n) is 5.48. The molecule has 3 N–H and O–H groups in total. The van der Waals surface area contributed by atoms with Crippen molar-refractivity contribution < 1.29 is 23.0 Å². The van der Waals surface area contributed by atoms with E-state index >= 15 is 0 Å². The summed E-state index contributed by atoms with van der Waals surface area (Å²) >= 11 is 0. The van der Waals surface area contributed by atoms with Gasteiger partial charge in [-0.3, -0.25) is 0 Å². The van der Waals surface area contributed by atoms with Crippen molar-refractivity contribution >= 4 is 17.3 Å². The second kappa shape index (κ2) is 8.22. The molecule has 1 aliphatic heterocycles. The van der Waals surface area contributed by atoms with Crippen molar-refractivity contribution in [2.75, 3.05) is 30.9 Å². The summed E-state index contributed by atoms with van der Waals surface area (Å²) in [5, 5.41) is 25.4. The van der Waals surface area contributed by atoms with Crippen LogP contribution in [0.5, 0.6) is 5.88 Å². The minimum absolute atomic E-state index is 0.0222. The quantitative estimate of drug-likeness (QED) is 0.530. The molecular formula is C22H19F3N6O2. The SMILES string of the molecule is COc1ncc(C(F)(F)F)cc1Nc1nccc(-c2cc(C#N)c3c(c2)[C@@](C)(CO)CN3)n1. The lowest BCUT2D eigenvalue weighted by Crippen LogP contribution is -2.28. The van der Waals surface area contributed by atoms with Crippen LogP contribution in [0.1, 0.15) is 23.6 Å². The highest BCUT2D eigenvalue weighted by atomic mass is 19.4. The number of methoxy groups -OCH3 is 1. The minimum atomic E-state index is -4.58. The van der Waals surface area contributed by atoms with Gasteiger partial charge in [0.15, 0.2) is 0 Å². The maximum absolute atomic E-state index is 13.1. The van der Waals surface area contributed by atoms with E-state index in [1.54, 1.807) is 12.1 Å². The number of nitrogens with zero attached hydrogens (tertiary/aromatic N) is 4. The first-order valence-corrected chi connectivity index (χ1v) is 9.83. The molecule has 3 aromatic rings. The minimum Gasteiger partial charge on any atom is -0.480 e. The van der Waals surface area contributed by atoms with E-state index in [2.05, 4.69) is 31.7 Å². The standard InChI is InChI=1S/C22H19F3N6O2/c1-21(11-32)10-29-18-13(8-26)5-12(6-15(18)21)16-3-4-27-20(30-16)31-17-7-14(22(23,24)25)9-28-19(17)33-2/h3-7,9,29,32H,10-11H2,1-2H3,(H,27,30,31)/t21-/m1/s1. The van der Waals surface area contributed by atoms with Crippen LogP contribution in [0.4, 0.5) is 30.5 Å². The number of benzene rings is 1. The molecule has 0 radical (unpaired) electrons. The van der Waals surface area contributed by atoms with Gasteiger partial charge < -0.3 is 20.5 Å². The molecule has 0 amide bonds. The van der Waals surface area contributed by atoms with Gasteiger partial charge in [-0.1, -0.05) is 6.92 Å². The molecule has 0 saturated carbocycles. The number of nitrogens with one attached hydrogen (secondary N) is 2. The lowest BCUT2D eigenvalue weighted by molar-refractivity contribution is -0.137. The fourth-order valence-corrected chi connectivity index (χ4v) is 3.62. The van der Waals surface area contributed by atoms with Crippen molar-refractivity contribution in [1.29, 1.82) is 5.26 Å². The highest BCUT2D eigenvalue weighted by Gasteiger charge is 2.36. The molecule has 0 unspecified atom stereocenters. The van der Waals surface area contributed by atoms with Crippen molar-refractivity contribution in [3.63, 3.8) is 0 Å². The van der Waals surface area contributed by atoms with Gasteiger partial charge in [-0.2, -0.15) is 18.4 Å². The predicted octanol–water partition coefficient (Wildman–Crippen LogP) is 3.86. The Labute approximate surface area is 187 Å². The monoisotopic (exact) mass is 456 g/mol. The zero-order valence-corrected chi connectivity index (χ0v) is 17.7. The first kappa shape index (κ1) is 22.3. The van der Waals surface area contributed by atoms with Crippen molar-refractivity contribution in [1.82, 2.24) is 15.0 Å². The molecule has 3 heterocycles. The van der Waals surface area contributed by atoms with E-state index in [9.17, 15) is 23.5 Å². The summed E-state index contributed by atoms with van der Waals surface area (Å²) in [5.41, 5.74) is 1.34. The summed E-state index contributed by atoms with van der Waals surface area (Å²) in [6.07, 6.45) is -2.45. The fourth-order valence-electron chi connectivity index (χ4n) is 3.62. The molecule has 11 heteroatoms. The molecule has 0 spiro atoms. The normalized spacial score (nSPS) is 17.1. The van der Waals surface area contributed by atoms with Gasteiger partial charge in [0.1, 0.15) is 11.8 Å². The van der Waals surface area contributed by atoms with Gasteiger partial charge in [0.25, 0.3) is 0 Å². The Bertz CT molecular complexity index is 1260. The molecule has 2 aromatic heterocycles. The van der Waals surface area contributed by atoms with Crippen LogP contribution in [0.3, 0.4) is 0 Å². The van der Waals surface area contributed by atoms with Gasteiger partial charge >= 0.3 is 6.18 Å². The van der Waals surface area contributed by atoms with Crippen molar-refractivity contribution in [3.05, 3.63) is 53.3 Å². The molecule has 1 aliphatic rings. The van der Waals surface area contributed by atoms with Crippen LogP contribution in [0.25, 0.3) is 11.3 Å². The first-order valence-electron chi connectivity index (χ1n) is 9.83. The van der Waals surface area contributed by atoms with Crippen molar-refractivity contribution in [3.8, 4) is 23.2 Å². The Balaban J connectivity index is 1.74. The number of anilines is 3. The maximum Gasteiger partial charge on any atom is 0.417 e. The predicted molar refractivity (Wildman–Crippen MR) is 114 cm³/mol. The molecule has 1 aromatic carbocycles. The van der Waals surface area contributed by atoms with Crippen LogP contribution >= 0.6 is 0 Å². The third kappa shape index (κ3) is 4.12. The molecule has 0 saturated heterocycles. The summed E-state index contributed by atoms with van der Waals surface area (Å²) in [5.74, 6) is -0.0277. The molecular weight excluding hydrogens is 437 g/mol. The molecule has 170 valence electrons. The Morgan fingerprint density at radius 1 is 1.30 bits per heavy atom. The van der Waals surface area contributed by atoms with Gasteiger partial charge in [-0.25, -0.2) is 15.0 Å². The number of halogens is 3. The molecule has 8 nitrogen and oxygen atoms in total. The first-order chi connectivity index (χ1) is 15.7. The number of alkyl halides is 3. The molecule has 4 rings (SSSR count). The smallest absolute Gasteiger partial charge is 0.417 e. The number of aromatic nitrogens is 3. The van der Waals surface area contributed by atoms with E-state index in [4.69, 9.17) is 4.74 Å². The van der Waals surface area contributed by atoms with Crippen LogP contribution in [-0.4, -0.2) is 40.3 Å². The van der Waals surface area contributed by atoms with E-state index in [1.807, 2.05) is 13.0 Å². The zero-order valence-electron chi connectivity index (χ0n) is 17.7. The molecule has 0 aliphatic carbocycles. The fraction of sp³-hybridized carbons (Fsp3) is 0.273. The highest BCUT2D eigenvalue weighted by Crippen LogP contribution is 2.41. The van der Waals surface area contributed by atoms with E-state index < -0.39 is 17.2 Å². The zero-order chi connectivity index (χ0) is 23.8. The number of hydrogen-bond donors (Lipinski definition) is 3. The average molecular weight is 456 g/mol. The average Bonchev–Trinajstić information content (AvgIpc) is 3.15. The van der Waals surface area contributed by atoms with E-state index in [1.165, 1.54) is 13.3 Å². The summed E-state index contributed by atoms with van der Waals surface area (Å²) in [6, 6.07) is 8.14. The van der Waals surface area contributed by atoms with Crippen molar-refractivity contribution in [2.24, 2.45) is 0 Å². The molecule has 0 bridgehead atoms. The Hall–Kier alpha value is -3.91. The second-order valence-electron chi connectivity index (χ2n) is 7.80. The Morgan fingerprint density at radius 2 is 2.09 bits per heavy atom. The lowest BCUT2D eigenvalue weighted by atomic mass is 9.83. The Kier molecular flexibility index (Phi) is 5.55. The van der Waals surface area contributed by atoms with Crippen molar-refractivity contribution in [2.45, 2.75) is 18.5 Å². The summed E-state index contributed by atoms with van der Waals surface area (Å²) in [6.45, 7) is 2.26. The summed E-state index contributed by atoms with van der Waals surface area (Å²) in [7, 11) is 1.29. The summed E-state index contributed by atoms with van der Waals surface area (Å²) < 4.78 is 44.4. The number of fused-ring (bicyclic) bond motifs is 1. The van der Waals surface area contributed by atoms with Crippen LogP contribution < -0.4 is 15.4 Å². The lowest BCUT2D eigenvalue weighted by Gasteiger charge is -2.21. The van der Waals surface area contributed by atoms with Gasteiger partial charge in [0.05, 0.1) is 36.2 Å².